The summed E-state index contributed by atoms with van der Waals surface area (Å²) in [6.45, 7) is 11.2. The Morgan fingerprint density at radius 1 is 1.10 bits per heavy atom. The molecule has 1 aliphatic rings. The fraction of sp³-hybridized carbons (Fsp3) is 0.792. The molecule has 0 heterocycles. The molecular formula is C24H43N3O4. The van der Waals surface area contributed by atoms with Crippen molar-refractivity contribution in [2.45, 2.75) is 91.8 Å². The Morgan fingerprint density at radius 3 is 2.06 bits per heavy atom. The molecule has 31 heavy (non-hydrogen) atoms. The number of carbonyl (C=O) groups excluding carboxylic acids is 2. The first-order valence-electron chi connectivity index (χ1n) is 11.5. The Hall–Kier alpha value is -1.89. The molecule has 3 atom stereocenters. The molecule has 0 aromatic rings. The number of carboxylic acids is 1. The van der Waals surface area contributed by atoms with Gasteiger partial charge in [-0.15, -0.1) is 0 Å². The Labute approximate surface area is 188 Å². The van der Waals surface area contributed by atoms with Crippen LogP contribution < -0.4 is 10.6 Å². The van der Waals surface area contributed by atoms with Crippen LogP contribution in [0.2, 0.25) is 0 Å². The van der Waals surface area contributed by atoms with Gasteiger partial charge in [-0.3, -0.25) is 9.59 Å². The van der Waals surface area contributed by atoms with Crippen molar-refractivity contribution in [3.63, 3.8) is 0 Å². The molecule has 0 saturated heterocycles. The normalized spacial score (nSPS) is 18.9. The molecule has 0 spiro atoms. The van der Waals surface area contributed by atoms with E-state index in [9.17, 15) is 19.5 Å². The summed E-state index contributed by atoms with van der Waals surface area (Å²) in [6.07, 6.45) is 7.12. The van der Waals surface area contributed by atoms with Crippen LogP contribution in [0.15, 0.2) is 11.6 Å². The third-order valence-electron chi connectivity index (χ3n) is 6.35. The van der Waals surface area contributed by atoms with E-state index in [0.29, 0.717) is 0 Å². The smallest absolute Gasteiger partial charge is 0.331 e. The monoisotopic (exact) mass is 437 g/mol. The predicted octanol–water partition coefficient (Wildman–Crippen LogP) is 3.20. The van der Waals surface area contributed by atoms with Crippen molar-refractivity contribution in [2.75, 3.05) is 14.1 Å². The molecule has 1 aliphatic carbocycles. The second-order valence-corrected chi connectivity index (χ2v) is 10.3. The van der Waals surface area contributed by atoms with E-state index in [0.717, 1.165) is 25.7 Å². The lowest BCUT2D eigenvalue weighted by atomic mass is 9.82. The maximum Gasteiger partial charge on any atom is 0.331 e. The minimum atomic E-state index is -1.00. The quantitative estimate of drug-likeness (QED) is 0.481. The molecule has 2 amide bonds. The Morgan fingerprint density at radius 2 is 1.65 bits per heavy atom. The van der Waals surface area contributed by atoms with E-state index in [1.54, 1.807) is 25.1 Å². The largest absolute Gasteiger partial charge is 0.478 e. The summed E-state index contributed by atoms with van der Waals surface area (Å²) >= 11 is 0. The van der Waals surface area contributed by atoms with Gasteiger partial charge in [0.1, 0.15) is 6.04 Å². The van der Waals surface area contributed by atoms with Crippen LogP contribution >= 0.6 is 0 Å². The van der Waals surface area contributed by atoms with Gasteiger partial charge in [-0.2, -0.15) is 0 Å². The van der Waals surface area contributed by atoms with E-state index >= 15 is 0 Å². The summed E-state index contributed by atoms with van der Waals surface area (Å²) in [5.74, 6) is -1.07. The van der Waals surface area contributed by atoms with Crippen LogP contribution in [0.5, 0.6) is 0 Å². The van der Waals surface area contributed by atoms with Gasteiger partial charge in [0.05, 0.1) is 12.1 Å². The first kappa shape index (κ1) is 27.1. The van der Waals surface area contributed by atoms with Crippen molar-refractivity contribution in [3.8, 4) is 0 Å². The van der Waals surface area contributed by atoms with Crippen molar-refractivity contribution < 1.29 is 19.5 Å². The molecule has 7 heteroatoms. The third-order valence-corrected chi connectivity index (χ3v) is 6.35. The van der Waals surface area contributed by atoms with Gasteiger partial charge >= 0.3 is 5.97 Å². The highest BCUT2D eigenvalue weighted by molar-refractivity contribution is 5.91. The molecule has 3 N–H and O–H groups in total. The lowest BCUT2D eigenvalue weighted by molar-refractivity contribution is -0.141. The summed E-state index contributed by atoms with van der Waals surface area (Å²) < 4.78 is 0. The SMILES string of the molecule is CN[C@H](C(=O)NC(C(=O)N(C)C(/C=C(\C)C(=O)O)C(C)C)C(C)(C)C)C1CCCCC1. The van der Waals surface area contributed by atoms with Crippen LogP contribution in [-0.2, 0) is 14.4 Å². The summed E-state index contributed by atoms with van der Waals surface area (Å²) in [6, 6.07) is -1.42. The summed E-state index contributed by atoms with van der Waals surface area (Å²) in [5.41, 5.74) is -0.305. The van der Waals surface area contributed by atoms with Crippen molar-refractivity contribution in [3.05, 3.63) is 11.6 Å². The topological polar surface area (TPSA) is 98.7 Å². The number of aliphatic carboxylic acids is 1. The standard InChI is InChI=1S/C24H43N3O4/c1-15(2)18(14-16(3)23(30)31)27(8)22(29)20(24(4,5)6)26-21(28)19(25-7)17-12-10-9-11-13-17/h14-15,17-20,25H,9-13H2,1-8H3,(H,26,28)(H,30,31)/b16-14+/t18?,19-,20?/m0/s1. The van der Waals surface area contributed by atoms with Crippen LogP contribution in [0.3, 0.4) is 0 Å². The molecule has 0 aromatic heterocycles. The first-order valence-corrected chi connectivity index (χ1v) is 11.5. The highest BCUT2D eigenvalue weighted by Crippen LogP contribution is 2.28. The lowest BCUT2D eigenvalue weighted by Crippen LogP contribution is -2.60. The van der Waals surface area contributed by atoms with Gasteiger partial charge in [-0.05, 0) is 44.1 Å². The molecule has 0 aromatic carbocycles. The average Bonchev–Trinajstić information content (AvgIpc) is 2.69. The van der Waals surface area contributed by atoms with Gasteiger partial charge in [0, 0.05) is 12.6 Å². The molecule has 1 fully saturated rings. The second-order valence-electron chi connectivity index (χ2n) is 10.3. The summed E-state index contributed by atoms with van der Waals surface area (Å²) in [4.78, 5) is 39.6. The van der Waals surface area contributed by atoms with Crippen LogP contribution in [0.4, 0.5) is 0 Å². The van der Waals surface area contributed by atoms with Crippen LogP contribution in [0.1, 0.15) is 73.6 Å². The molecule has 2 unspecified atom stereocenters. The van der Waals surface area contributed by atoms with E-state index in [1.165, 1.54) is 13.3 Å². The molecular weight excluding hydrogens is 394 g/mol. The number of hydrogen-bond acceptors (Lipinski definition) is 4. The zero-order valence-corrected chi connectivity index (χ0v) is 20.6. The van der Waals surface area contributed by atoms with E-state index in [1.807, 2.05) is 34.6 Å². The Kier molecular flexibility index (Phi) is 10.2. The fourth-order valence-corrected chi connectivity index (χ4v) is 4.36. The van der Waals surface area contributed by atoms with Gasteiger partial charge in [0.2, 0.25) is 11.8 Å². The van der Waals surface area contributed by atoms with Crippen molar-refractivity contribution in [1.82, 2.24) is 15.5 Å². The number of carbonyl (C=O) groups is 3. The zero-order chi connectivity index (χ0) is 23.9. The number of hydrogen-bond donors (Lipinski definition) is 3. The van der Waals surface area contributed by atoms with Gasteiger partial charge < -0.3 is 20.6 Å². The minimum absolute atomic E-state index is 0.0202. The number of rotatable bonds is 9. The van der Waals surface area contributed by atoms with E-state index in [-0.39, 0.29) is 41.3 Å². The fourth-order valence-electron chi connectivity index (χ4n) is 4.36. The number of nitrogens with one attached hydrogen (secondary N) is 2. The lowest BCUT2D eigenvalue weighted by Gasteiger charge is -2.38. The van der Waals surface area contributed by atoms with Gasteiger partial charge in [-0.1, -0.05) is 60.0 Å². The summed E-state index contributed by atoms with van der Waals surface area (Å²) in [5, 5.41) is 15.5. The maximum atomic E-state index is 13.5. The van der Waals surface area contributed by atoms with Crippen molar-refractivity contribution in [2.24, 2.45) is 17.3 Å². The Balaban J connectivity index is 3.11. The zero-order valence-electron chi connectivity index (χ0n) is 20.6. The number of likely N-dealkylation sites (N-methyl/N-ethyl adjacent to an activating group) is 2. The molecule has 1 rings (SSSR count). The molecule has 1 saturated carbocycles. The highest BCUT2D eigenvalue weighted by Gasteiger charge is 2.39. The maximum absolute atomic E-state index is 13.5. The predicted molar refractivity (Wildman–Crippen MR) is 124 cm³/mol. The van der Waals surface area contributed by atoms with Crippen molar-refractivity contribution in [1.29, 1.82) is 0 Å². The molecule has 178 valence electrons. The third kappa shape index (κ3) is 7.63. The number of nitrogens with zero attached hydrogens (tertiary/aromatic N) is 1. The number of carboxylic acid groups (broad SMARTS) is 1. The van der Waals surface area contributed by atoms with Gasteiger partial charge in [-0.25, -0.2) is 4.79 Å². The summed E-state index contributed by atoms with van der Waals surface area (Å²) in [7, 11) is 3.48. The van der Waals surface area contributed by atoms with Gasteiger partial charge in [0.15, 0.2) is 0 Å². The van der Waals surface area contributed by atoms with Gasteiger partial charge in [0.25, 0.3) is 0 Å². The van der Waals surface area contributed by atoms with Crippen LogP contribution in [0, 0.1) is 17.3 Å². The average molecular weight is 438 g/mol. The first-order chi connectivity index (χ1) is 14.3. The minimum Gasteiger partial charge on any atom is -0.478 e. The molecule has 0 radical (unpaired) electrons. The van der Waals surface area contributed by atoms with E-state index in [2.05, 4.69) is 10.6 Å². The van der Waals surface area contributed by atoms with E-state index in [4.69, 9.17) is 0 Å². The highest BCUT2D eigenvalue weighted by atomic mass is 16.4. The van der Waals surface area contributed by atoms with Crippen molar-refractivity contribution >= 4 is 17.8 Å². The van der Waals surface area contributed by atoms with E-state index < -0.39 is 17.4 Å². The van der Waals surface area contributed by atoms with Crippen LogP contribution in [0.25, 0.3) is 0 Å². The second kappa shape index (κ2) is 11.7. The molecule has 0 bridgehead atoms. The molecule has 0 aliphatic heterocycles. The number of amides is 2. The van der Waals surface area contributed by atoms with Crippen LogP contribution in [-0.4, -0.2) is 60.0 Å². The molecule has 7 nitrogen and oxygen atoms in total. The Bertz CT molecular complexity index is 660.